The van der Waals surface area contributed by atoms with Gasteiger partial charge in [-0.3, -0.25) is 4.68 Å². The van der Waals surface area contributed by atoms with Crippen LogP contribution >= 0.6 is 0 Å². The van der Waals surface area contributed by atoms with E-state index in [4.69, 9.17) is 15.7 Å². The molecule has 0 spiro atoms. The highest BCUT2D eigenvalue weighted by Gasteiger charge is 2.24. The quantitative estimate of drug-likeness (QED) is 0.789. The van der Waals surface area contributed by atoms with E-state index in [9.17, 15) is 0 Å². The van der Waals surface area contributed by atoms with Gasteiger partial charge >= 0.3 is 0 Å². The van der Waals surface area contributed by atoms with Crippen LogP contribution < -0.4 is 5.73 Å². The Morgan fingerprint density at radius 3 is 2.70 bits per heavy atom. The number of nitrogens with zero attached hydrogens (tertiary/aromatic N) is 4. The van der Waals surface area contributed by atoms with Gasteiger partial charge in [0, 0.05) is 36.1 Å². The largest absolute Gasteiger partial charge is 0.327 e. The van der Waals surface area contributed by atoms with Crippen molar-refractivity contribution in [3.63, 3.8) is 0 Å². The number of fused-ring (bicyclic) bond motifs is 1. The van der Waals surface area contributed by atoms with Crippen LogP contribution in [0, 0.1) is 0 Å². The molecule has 1 unspecified atom stereocenters. The third kappa shape index (κ3) is 2.64. The lowest BCUT2D eigenvalue weighted by molar-refractivity contribution is 0.565. The molecule has 0 saturated carbocycles. The van der Waals surface area contributed by atoms with Crippen LogP contribution in [0.15, 0.2) is 42.6 Å². The predicted octanol–water partition coefficient (Wildman–Crippen LogP) is 2.36. The molecule has 116 valence electrons. The molecule has 2 aromatic heterocycles. The highest BCUT2D eigenvalue weighted by atomic mass is 15.2. The summed E-state index contributed by atoms with van der Waals surface area (Å²) in [5, 5.41) is 4.53. The van der Waals surface area contributed by atoms with Crippen LogP contribution in [0.5, 0.6) is 0 Å². The minimum absolute atomic E-state index is 0.177. The number of nitrogens with two attached hydrogens (primary N) is 1. The zero-order valence-electron chi connectivity index (χ0n) is 13.1. The van der Waals surface area contributed by atoms with Crippen molar-refractivity contribution in [2.45, 2.75) is 25.3 Å². The average Bonchev–Trinajstić information content (AvgIpc) is 3.01. The fourth-order valence-corrected chi connectivity index (χ4v) is 3.11. The monoisotopic (exact) mass is 305 g/mol. The van der Waals surface area contributed by atoms with Gasteiger partial charge in [0.15, 0.2) is 5.82 Å². The number of aryl methyl sites for hydroxylation is 2. The Balaban J connectivity index is 1.91. The third-order valence-corrected chi connectivity index (χ3v) is 4.30. The first-order valence-electron chi connectivity index (χ1n) is 7.91. The maximum absolute atomic E-state index is 6.17. The lowest BCUT2D eigenvalue weighted by Crippen LogP contribution is -2.29. The molecule has 5 heteroatoms. The molecule has 0 radical (unpaired) electrons. The van der Waals surface area contributed by atoms with Gasteiger partial charge in [0.1, 0.15) is 5.69 Å². The zero-order chi connectivity index (χ0) is 15.8. The second-order valence-corrected chi connectivity index (χ2v) is 6.06. The summed E-state index contributed by atoms with van der Waals surface area (Å²) in [5.74, 6) is 0.764. The fraction of sp³-hybridized carbons (Fsp3) is 0.278. The first kappa shape index (κ1) is 14.1. The number of aromatic nitrogens is 4. The van der Waals surface area contributed by atoms with Crippen LogP contribution in [0.3, 0.4) is 0 Å². The van der Waals surface area contributed by atoms with Crippen molar-refractivity contribution >= 4 is 0 Å². The van der Waals surface area contributed by atoms with E-state index in [0.29, 0.717) is 0 Å². The van der Waals surface area contributed by atoms with E-state index in [1.165, 1.54) is 0 Å². The second-order valence-electron chi connectivity index (χ2n) is 6.06. The van der Waals surface area contributed by atoms with Crippen molar-refractivity contribution in [3.8, 4) is 22.8 Å². The van der Waals surface area contributed by atoms with Gasteiger partial charge in [-0.2, -0.15) is 5.10 Å². The molecule has 5 nitrogen and oxygen atoms in total. The van der Waals surface area contributed by atoms with Gasteiger partial charge in [-0.25, -0.2) is 9.97 Å². The molecule has 2 heterocycles. The van der Waals surface area contributed by atoms with E-state index in [0.717, 1.165) is 53.3 Å². The SMILES string of the molecule is Cn1ccc(-c2nc(-c3ccccc3)nc3c2CC(N)CC3)n1. The molecule has 0 aliphatic heterocycles. The van der Waals surface area contributed by atoms with Crippen molar-refractivity contribution in [2.24, 2.45) is 12.8 Å². The maximum atomic E-state index is 6.17. The van der Waals surface area contributed by atoms with Crippen LogP contribution in [-0.2, 0) is 19.9 Å². The number of benzene rings is 1. The van der Waals surface area contributed by atoms with Crippen LogP contribution in [-0.4, -0.2) is 25.8 Å². The smallest absolute Gasteiger partial charge is 0.160 e. The molecule has 3 aromatic rings. The number of hydrogen-bond acceptors (Lipinski definition) is 4. The van der Waals surface area contributed by atoms with Crippen molar-refractivity contribution in [3.05, 3.63) is 53.9 Å². The molecule has 0 fully saturated rings. The van der Waals surface area contributed by atoms with Crippen molar-refractivity contribution in [1.29, 1.82) is 0 Å². The maximum Gasteiger partial charge on any atom is 0.160 e. The Hall–Kier alpha value is -2.53. The van der Waals surface area contributed by atoms with Crippen LogP contribution in [0.2, 0.25) is 0 Å². The average molecular weight is 305 g/mol. The molecule has 4 rings (SSSR count). The Kier molecular flexibility index (Phi) is 3.42. The molecular weight excluding hydrogens is 286 g/mol. The lowest BCUT2D eigenvalue weighted by Gasteiger charge is -2.23. The van der Waals surface area contributed by atoms with Gasteiger partial charge in [0.05, 0.1) is 5.69 Å². The van der Waals surface area contributed by atoms with E-state index in [-0.39, 0.29) is 6.04 Å². The molecular formula is C18H19N5. The summed E-state index contributed by atoms with van der Waals surface area (Å²) in [6.45, 7) is 0. The zero-order valence-corrected chi connectivity index (χ0v) is 13.1. The molecule has 1 aliphatic rings. The molecule has 1 atom stereocenters. The molecule has 1 aromatic carbocycles. The Bertz CT molecular complexity index is 838. The summed E-state index contributed by atoms with van der Waals surface area (Å²) in [7, 11) is 1.92. The summed E-state index contributed by atoms with van der Waals surface area (Å²) >= 11 is 0. The van der Waals surface area contributed by atoms with Gasteiger partial charge in [0.2, 0.25) is 0 Å². The van der Waals surface area contributed by atoms with E-state index >= 15 is 0 Å². The summed E-state index contributed by atoms with van der Waals surface area (Å²) in [4.78, 5) is 9.64. The van der Waals surface area contributed by atoms with E-state index in [1.54, 1.807) is 4.68 Å². The highest BCUT2D eigenvalue weighted by Crippen LogP contribution is 2.30. The summed E-state index contributed by atoms with van der Waals surface area (Å²) < 4.78 is 1.80. The minimum Gasteiger partial charge on any atom is -0.327 e. The topological polar surface area (TPSA) is 69.6 Å². The van der Waals surface area contributed by atoms with E-state index in [1.807, 2.05) is 49.6 Å². The molecule has 0 saturated heterocycles. The summed E-state index contributed by atoms with van der Waals surface area (Å²) in [6.07, 6.45) is 4.63. The van der Waals surface area contributed by atoms with Crippen LogP contribution in [0.4, 0.5) is 0 Å². The van der Waals surface area contributed by atoms with Crippen LogP contribution in [0.1, 0.15) is 17.7 Å². The highest BCUT2D eigenvalue weighted by molar-refractivity contribution is 5.65. The van der Waals surface area contributed by atoms with Gasteiger partial charge in [-0.1, -0.05) is 30.3 Å². The van der Waals surface area contributed by atoms with Crippen LogP contribution in [0.25, 0.3) is 22.8 Å². The summed E-state index contributed by atoms with van der Waals surface area (Å²) in [5.41, 5.74) is 11.3. The van der Waals surface area contributed by atoms with Gasteiger partial charge < -0.3 is 5.73 Å². The first-order chi connectivity index (χ1) is 11.2. The molecule has 0 amide bonds. The van der Waals surface area contributed by atoms with Gasteiger partial charge in [-0.05, 0) is 25.3 Å². The Morgan fingerprint density at radius 1 is 1.13 bits per heavy atom. The van der Waals surface area contributed by atoms with Crippen molar-refractivity contribution < 1.29 is 0 Å². The van der Waals surface area contributed by atoms with Gasteiger partial charge in [-0.15, -0.1) is 0 Å². The second kappa shape index (κ2) is 5.59. The molecule has 0 bridgehead atoms. The summed E-state index contributed by atoms with van der Waals surface area (Å²) in [6, 6.07) is 12.3. The number of rotatable bonds is 2. The Labute approximate surface area is 135 Å². The fourth-order valence-electron chi connectivity index (χ4n) is 3.11. The molecule has 1 aliphatic carbocycles. The number of hydrogen-bond donors (Lipinski definition) is 1. The van der Waals surface area contributed by atoms with Crippen molar-refractivity contribution in [1.82, 2.24) is 19.7 Å². The predicted molar refractivity (Wildman–Crippen MR) is 89.7 cm³/mol. The standard InChI is InChI=1S/C18H19N5/c1-23-10-9-16(22-23)17-14-11-13(19)7-8-15(14)20-18(21-17)12-5-3-2-4-6-12/h2-6,9-10,13H,7-8,11,19H2,1H3. The molecule has 2 N–H and O–H groups in total. The normalized spacial score (nSPS) is 17.0. The third-order valence-electron chi connectivity index (χ3n) is 4.30. The lowest BCUT2D eigenvalue weighted by atomic mass is 9.90. The van der Waals surface area contributed by atoms with Gasteiger partial charge in [0.25, 0.3) is 0 Å². The van der Waals surface area contributed by atoms with E-state index in [2.05, 4.69) is 5.10 Å². The Morgan fingerprint density at radius 2 is 1.96 bits per heavy atom. The molecule has 23 heavy (non-hydrogen) atoms. The minimum atomic E-state index is 0.177. The van der Waals surface area contributed by atoms with Crippen molar-refractivity contribution in [2.75, 3.05) is 0 Å². The van der Waals surface area contributed by atoms with E-state index < -0.39 is 0 Å². The first-order valence-corrected chi connectivity index (χ1v) is 7.91.